The first-order valence-corrected chi connectivity index (χ1v) is 4.34. The quantitative estimate of drug-likeness (QED) is 0.626. The minimum atomic E-state index is -1.36. The zero-order valence-corrected chi connectivity index (χ0v) is 7.95. The number of halogens is 1. The van der Waals surface area contributed by atoms with E-state index in [4.69, 9.17) is 10.8 Å². The fourth-order valence-electron chi connectivity index (χ4n) is 1.42. The summed E-state index contributed by atoms with van der Waals surface area (Å²) in [5.41, 5.74) is 4.35. The number of carbonyl (C=O) groups is 1. The molecular weight excluding hydrogens is 215 g/mol. The smallest absolute Gasteiger partial charge is 0.341 e. The number of anilines is 1. The van der Waals surface area contributed by atoms with Gasteiger partial charge in [-0.15, -0.1) is 0 Å². The number of aromatic nitrogens is 1. The van der Waals surface area contributed by atoms with Gasteiger partial charge in [0.15, 0.2) is 0 Å². The standard InChI is InChI=1S/C10H7FN2O3/c11-6-1-4-8(2-7(6)12)13-3-5(9(4)14)10(15)16/h1-3H,12H2,(H,13,14)(H,15,16). The van der Waals surface area contributed by atoms with E-state index < -0.39 is 22.8 Å². The minimum absolute atomic E-state index is 0.0356. The van der Waals surface area contributed by atoms with Crippen LogP contribution in [0.2, 0.25) is 0 Å². The van der Waals surface area contributed by atoms with Crippen molar-refractivity contribution in [2.75, 3.05) is 5.73 Å². The number of nitrogen functional groups attached to an aromatic ring is 1. The van der Waals surface area contributed by atoms with Crippen LogP contribution in [0.15, 0.2) is 23.1 Å². The van der Waals surface area contributed by atoms with Crippen molar-refractivity contribution < 1.29 is 14.3 Å². The number of H-pyrrole nitrogens is 1. The molecule has 1 aromatic heterocycles. The second-order valence-corrected chi connectivity index (χ2v) is 3.26. The van der Waals surface area contributed by atoms with Gasteiger partial charge in [-0.25, -0.2) is 9.18 Å². The van der Waals surface area contributed by atoms with E-state index >= 15 is 0 Å². The summed E-state index contributed by atoms with van der Waals surface area (Å²) in [6.07, 6.45) is 1.06. The molecule has 1 heterocycles. The highest BCUT2D eigenvalue weighted by atomic mass is 19.1. The monoisotopic (exact) mass is 222 g/mol. The molecule has 16 heavy (non-hydrogen) atoms. The average molecular weight is 222 g/mol. The van der Waals surface area contributed by atoms with Crippen LogP contribution >= 0.6 is 0 Å². The lowest BCUT2D eigenvalue weighted by Gasteiger charge is -2.02. The molecule has 2 rings (SSSR count). The number of nitrogens with two attached hydrogens (primary N) is 1. The minimum Gasteiger partial charge on any atom is -0.477 e. The van der Waals surface area contributed by atoms with Crippen molar-refractivity contribution in [2.24, 2.45) is 0 Å². The van der Waals surface area contributed by atoms with Crippen molar-refractivity contribution in [2.45, 2.75) is 0 Å². The maximum Gasteiger partial charge on any atom is 0.341 e. The van der Waals surface area contributed by atoms with Gasteiger partial charge in [-0.1, -0.05) is 0 Å². The van der Waals surface area contributed by atoms with Gasteiger partial charge in [-0.2, -0.15) is 0 Å². The molecule has 1 aromatic carbocycles. The van der Waals surface area contributed by atoms with E-state index in [-0.39, 0.29) is 11.1 Å². The van der Waals surface area contributed by atoms with Crippen LogP contribution in [0, 0.1) is 5.82 Å². The first kappa shape index (κ1) is 10.2. The summed E-state index contributed by atoms with van der Waals surface area (Å²) in [5, 5.41) is 8.68. The number of carboxylic acids is 1. The van der Waals surface area contributed by atoms with Gasteiger partial charge in [0.2, 0.25) is 5.43 Å². The number of benzene rings is 1. The molecule has 0 fully saturated rings. The Kier molecular flexibility index (Phi) is 2.12. The summed E-state index contributed by atoms with van der Waals surface area (Å²) in [5.74, 6) is -2.11. The Bertz CT molecular complexity index is 648. The third kappa shape index (κ3) is 1.40. The zero-order valence-electron chi connectivity index (χ0n) is 7.95. The van der Waals surface area contributed by atoms with Crippen molar-refractivity contribution in [3.8, 4) is 0 Å². The maximum atomic E-state index is 13.1. The van der Waals surface area contributed by atoms with E-state index in [1.54, 1.807) is 0 Å². The number of aromatic carboxylic acids is 1. The number of pyridine rings is 1. The first-order chi connectivity index (χ1) is 7.50. The van der Waals surface area contributed by atoms with Gasteiger partial charge in [0.1, 0.15) is 11.4 Å². The van der Waals surface area contributed by atoms with E-state index in [2.05, 4.69) is 4.98 Å². The predicted molar refractivity (Wildman–Crippen MR) is 55.9 cm³/mol. The zero-order chi connectivity index (χ0) is 11.9. The molecule has 0 aliphatic heterocycles. The fourth-order valence-corrected chi connectivity index (χ4v) is 1.42. The van der Waals surface area contributed by atoms with E-state index in [9.17, 15) is 14.0 Å². The lowest BCUT2D eigenvalue weighted by molar-refractivity contribution is 0.0695. The van der Waals surface area contributed by atoms with Crippen molar-refractivity contribution in [3.05, 3.63) is 39.9 Å². The van der Waals surface area contributed by atoms with Gasteiger partial charge in [-0.05, 0) is 12.1 Å². The van der Waals surface area contributed by atoms with Crippen LogP contribution < -0.4 is 11.2 Å². The summed E-state index contributed by atoms with van der Waals surface area (Å²) < 4.78 is 13.1. The molecule has 2 aromatic rings. The number of fused-ring (bicyclic) bond motifs is 1. The average Bonchev–Trinajstić information content (AvgIpc) is 2.21. The van der Waals surface area contributed by atoms with Crippen LogP contribution in [0.1, 0.15) is 10.4 Å². The fraction of sp³-hybridized carbons (Fsp3) is 0. The summed E-state index contributed by atoms with van der Waals surface area (Å²) in [6, 6.07) is 2.17. The molecule has 0 saturated carbocycles. The Hall–Kier alpha value is -2.37. The Balaban J connectivity index is 2.90. The number of carboxylic acid groups (broad SMARTS) is 1. The van der Waals surface area contributed by atoms with E-state index in [0.29, 0.717) is 5.52 Å². The Labute approximate surface area is 88.3 Å². The Morgan fingerprint density at radius 1 is 1.44 bits per heavy atom. The molecule has 0 bridgehead atoms. The lowest BCUT2D eigenvalue weighted by atomic mass is 10.1. The lowest BCUT2D eigenvalue weighted by Crippen LogP contribution is -2.15. The molecule has 0 amide bonds. The summed E-state index contributed by atoms with van der Waals surface area (Å²) in [7, 11) is 0. The largest absolute Gasteiger partial charge is 0.477 e. The predicted octanol–water partition coefficient (Wildman–Crippen LogP) is 0.948. The van der Waals surface area contributed by atoms with Crippen LogP contribution in [0.3, 0.4) is 0 Å². The summed E-state index contributed by atoms with van der Waals surface area (Å²) >= 11 is 0. The molecule has 0 atom stereocenters. The molecule has 0 spiro atoms. The van der Waals surface area contributed by atoms with Crippen molar-refractivity contribution >= 4 is 22.6 Å². The molecule has 0 aliphatic rings. The van der Waals surface area contributed by atoms with Crippen LogP contribution in [-0.2, 0) is 0 Å². The SMILES string of the molecule is Nc1cc2[nH]cc(C(=O)O)c(=O)c2cc1F. The van der Waals surface area contributed by atoms with Gasteiger partial charge in [0, 0.05) is 11.6 Å². The third-order valence-electron chi connectivity index (χ3n) is 2.23. The summed E-state index contributed by atoms with van der Waals surface area (Å²) in [4.78, 5) is 24.9. The van der Waals surface area contributed by atoms with Crippen LogP contribution in [0.5, 0.6) is 0 Å². The van der Waals surface area contributed by atoms with Crippen molar-refractivity contribution in [1.29, 1.82) is 0 Å². The van der Waals surface area contributed by atoms with Crippen molar-refractivity contribution in [1.82, 2.24) is 4.98 Å². The molecule has 82 valence electrons. The second kappa shape index (κ2) is 3.34. The topological polar surface area (TPSA) is 96.2 Å². The van der Waals surface area contributed by atoms with Gasteiger partial charge in [0.25, 0.3) is 0 Å². The third-order valence-corrected chi connectivity index (χ3v) is 2.23. The molecule has 0 saturated heterocycles. The van der Waals surface area contributed by atoms with Crippen LogP contribution in [0.25, 0.3) is 10.9 Å². The molecular formula is C10H7FN2O3. The molecule has 0 aliphatic carbocycles. The van der Waals surface area contributed by atoms with Crippen LogP contribution in [0.4, 0.5) is 10.1 Å². The normalized spacial score (nSPS) is 10.6. The number of nitrogens with one attached hydrogen (secondary N) is 1. The Morgan fingerprint density at radius 3 is 2.75 bits per heavy atom. The number of rotatable bonds is 1. The summed E-state index contributed by atoms with van der Waals surface area (Å²) in [6.45, 7) is 0. The van der Waals surface area contributed by atoms with E-state index in [1.807, 2.05) is 0 Å². The van der Waals surface area contributed by atoms with Gasteiger partial charge in [-0.3, -0.25) is 4.79 Å². The maximum absolute atomic E-state index is 13.1. The highest BCUT2D eigenvalue weighted by molar-refractivity contribution is 5.92. The highest BCUT2D eigenvalue weighted by Gasteiger charge is 2.12. The number of hydrogen-bond acceptors (Lipinski definition) is 3. The first-order valence-electron chi connectivity index (χ1n) is 4.34. The van der Waals surface area contributed by atoms with E-state index in [1.165, 1.54) is 6.07 Å². The molecule has 0 radical (unpaired) electrons. The van der Waals surface area contributed by atoms with Crippen LogP contribution in [-0.4, -0.2) is 16.1 Å². The van der Waals surface area contributed by atoms with Gasteiger partial charge >= 0.3 is 5.97 Å². The second-order valence-electron chi connectivity index (χ2n) is 3.26. The molecule has 5 nitrogen and oxygen atoms in total. The van der Waals surface area contributed by atoms with Gasteiger partial charge < -0.3 is 15.8 Å². The van der Waals surface area contributed by atoms with Crippen molar-refractivity contribution in [3.63, 3.8) is 0 Å². The molecule has 4 N–H and O–H groups in total. The number of hydrogen-bond donors (Lipinski definition) is 3. The number of aromatic amines is 1. The molecule has 0 unspecified atom stereocenters. The molecule has 6 heteroatoms. The van der Waals surface area contributed by atoms with E-state index in [0.717, 1.165) is 12.3 Å². The Morgan fingerprint density at radius 2 is 2.12 bits per heavy atom. The highest BCUT2D eigenvalue weighted by Crippen LogP contribution is 2.16. The van der Waals surface area contributed by atoms with Gasteiger partial charge in [0.05, 0.1) is 11.2 Å².